The average molecular weight is 386 g/mol. The number of carbonyl (C=O) groups is 2. The van der Waals surface area contributed by atoms with Crippen molar-refractivity contribution in [1.29, 1.82) is 0 Å². The fourth-order valence-electron chi connectivity index (χ4n) is 4.59. The van der Waals surface area contributed by atoms with Crippen LogP contribution < -0.4 is 5.32 Å². The number of aryl methyl sites for hydroxylation is 2. The van der Waals surface area contributed by atoms with Crippen LogP contribution in [0.25, 0.3) is 0 Å². The lowest BCUT2D eigenvalue weighted by Gasteiger charge is -2.34. The summed E-state index contributed by atoms with van der Waals surface area (Å²) in [6.07, 6.45) is 5.59. The van der Waals surface area contributed by atoms with Crippen molar-refractivity contribution in [2.75, 3.05) is 32.7 Å². The van der Waals surface area contributed by atoms with Crippen molar-refractivity contribution in [2.45, 2.75) is 58.9 Å². The van der Waals surface area contributed by atoms with Gasteiger partial charge in [0, 0.05) is 31.2 Å². The predicted molar refractivity (Wildman–Crippen MR) is 112 cm³/mol. The van der Waals surface area contributed by atoms with Crippen molar-refractivity contribution < 1.29 is 9.59 Å². The van der Waals surface area contributed by atoms with E-state index in [2.05, 4.69) is 23.2 Å². The van der Waals surface area contributed by atoms with Gasteiger partial charge in [0.2, 0.25) is 5.91 Å². The fraction of sp³-hybridized carbons (Fsp3) is 0.652. The monoisotopic (exact) mass is 385 g/mol. The van der Waals surface area contributed by atoms with Gasteiger partial charge < -0.3 is 15.1 Å². The first kappa shape index (κ1) is 20.8. The first-order chi connectivity index (χ1) is 13.4. The molecule has 2 atom stereocenters. The minimum absolute atomic E-state index is 0.0469. The van der Waals surface area contributed by atoms with Crippen molar-refractivity contribution >= 4 is 11.8 Å². The number of likely N-dealkylation sites (tertiary alicyclic amines) is 2. The summed E-state index contributed by atoms with van der Waals surface area (Å²) in [5, 5.41) is 3.20. The van der Waals surface area contributed by atoms with E-state index in [1.54, 1.807) is 0 Å². The molecule has 5 nitrogen and oxygen atoms in total. The van der Waals surface area contributed by atoms with E-state index in [4.69, 9.17) is 0 Å². The molecule has 2 heterocycles. The third-order valence-electron chi connectivity index (χ3n) is 5.92. The molecule has 3 rings (SSSR count). The van der Waals surface area contributed by atoms with Crippen LogP contribution in [0.3, 0.4) is 0 Å². The van der Waals surface area contributed by atoms with E-state index in [9.17, 15) is 9.59 Å². The van der Waals surface area contributed by atoms with E-state index in [0.717, 1.165) is 55.7 Å². The molecule has 2 aliphatic heterocycles. The standard InChI is InChI=1S/C23H35N3O2/c1-17-12-18(2)14-21(13-17)23(28)26-11-7-8-20(16-26)22(27)24-19(3)15-25-9-5-4-6-10-25/h12-14,19-20H,4-11,15-16H2,1-3H3,(H,24,27). The minimum atomic E-state index is -0.104. The highest BCUT2D eigenvalue weighted by Crippen LogP contribution is 2.20. The van der Waals surface area contributed by atoms with E-state index in [-0.39, 0.29) is 23.8 Å². The maximum absolute atomic E-state index is 12.9. The average Bonchev–Trinajstić information content (AvgIpc) is 2.67. The van der Waals surface area contributed by atoms with Gasteiger partial charge in [-0.3, -0.25) is 9.59 Å². The molecule has 154 valence electrons. The molecule has 28 heavy (non-hydrogen) atoms. The Hall–Kier alpha value is -1.88. The quantitative estimate of drug-likeness (QED) is 0.847. The van der Waals surface area contributed by atoms with E-state index in [1.165, 1.54) is 19.3 Å². The summed E-state index contributed by atoms with van der Waals surface area (Å²) in [6.45, 7) is 10.6. The Kier molecular flexibility index (Phi) is 7.11. The highest BCUT2D eigenvalue weighted by molar-refractivity contribution is 5.95. The van der Waals surface area contributed by atoms with Gasteiger partial charge in [-0.15, -0.1) is 0 Å². The number of nitrogens with zero attached hydrogens (tertiary/aromatic N) is 2. The minimum Gasteiger partial charge on any atom is -0.352 e. The van der Waals surface area contributed by atoms with Crippen LogP contribution in [-0.4, -0.2) is 60.4 Å². The first-order valence-electron chi connectivity index (χ1n) is 10.8. The number of amides is 2. The number of carbonyl (C=O) groups excluding carboxylic acids is 2. The molecule has 1 aromatic carbocycles. The van der Waals surface area contributed by atoms with Crippen LogP contribution in [0.4, 0.5) is 0 Å². The van der Waals surface area contributed by atoms with Crippen molar-refractivity contribution in [3.05, 3.63) is 34.9 Å². The lowest BCUT2D eigenvalue weighted by Crippen LogP contribution is -2.49. The van der Waals surface area contributed by atoms with Gasteiger partial charge >= 0.3 is 0 Å². The van der Waals surface area contributed by atoms with Gasteiger partial charge in [0.05, 0.1) is 5.92 Å². The Balaban J connectivity index is 1.54. The molecule has 0 aliphatic carbocycles. The third-order valence-corrected chi connectivity index (χ3v) is 5.92. The summed E-state index contributed by atoms with van der Waals surface area (Å²) in [5.41, 5.74) is 2.93. The first-order valence-corrected chi connectivity index (χ1v) is 10.8. The molecule has 2 aliphatic rings. The molecule has 0 spiro atoms. The van der Waals surface area contributed by atoms with E-state index < -0.39 is 0 Å². The topological polar surface area (TPSA) is 52.7 Å². The Bertz CT molecular complexity index is 677. The van der Waals surface area contributed by atoms with Gasteiger partial charge in [-0.1, -0.05) is 23.6 Å². The highest BCUT2D eigenvalue weighted by atomic mass is 16.2. The van der Waals surface area contributed by atoms with Crippen LogP contribution >= 0.6 is 0 Å². The van der Waals surface area contributed by atoms with Gasteiger partial charge in [-0.25, -0.2) is 0 Å². The summed E-state index contributed by atoms with van der Waals surface area (Å²) in [5.74, 6) is 0.0421. The fourth-order valence-corrected chi connectivity index (χ4v) is 4.59. The summed E-state index contributed by atoms with van der Waals surface area (Å²) >= 11 is 0. The Labute approximate surface area is 169 Å². The lowest BCUT2D eigenvalue weighted by molar-refractivity contribution is -0.127. The van der Waals surface area contributed by atoms with E-state index in [1.807, 2.05) is 30.9 Å². The van der Waals surface area contributed by atoms with Crippen LogP contribution in [0.5, 0.6) is 0 Å². The van der Waals surface area contributed by atoms with E-state index in [0.29, 0.717) is 6.54 Å². The molecule has 2 unspecified atom stereocenters. The molecule has 5 heteroatoms. The summed E-state index contributed by atoms with van der Waals surface area (Å²) in [6, 6.07) is 6.11. The van der Waals surface area contributed by atoms with Crippen molar-refractivity contribution in [1.82, 2.24) is 15.1 Å². The lowest BCUT2D eigenvalue weighted by atomic mass is 9.95. The van der Waals surface area contributed by atoms with Crippen LogP contribution in [0.2, 0.25) is 0 Å². The second kappa shape index (κ2) is 9.55. The normalized spacial score (nSPS) is 22.0. The van der Waals surface area contributed by atoms with Gasteiger partial charge in [0.1, 0.15) is 0 Å². The Morgan fingerprint density at radius 2 is 1.71 bits per heavy atom. The van der Waals surface area contributed by atoms with Crippen molar-refractivity contribution in [3.8, 4) is 0 Å². The number of piperidine rings is 2. The second-order valence-corrected chi connectivity index (χ2v) is 8.74. The molecule has 0 aromatic heterocycles. The summed E-state index contributed by atoms with van der Waals surface area (Å²) < 4.78 is 0. The van der Waals surface area contributed by atoms with Gasteiger partial charge in [0.15, 0.2) is 0 Å². The van der Waals surface area contributed by atoms with Gasteiger partial charge in [-0.2, -0.15) is 0 Å². The SMILES string of the molecule is Cc1cc(C)cc(C(=O)N2CCCC(C(=O)NC(C)CN3CCCCC3)C2)c1. The number of rotatable bonds is 5. The summed E-state index contributed by atoms with van der Waals surface area (Å²) in [4.78, 5) is 30.0. The van der Waals surface area contributed by atoms with Crippen molar-refractivity contribution in [2.24, 2.45) is 5.92 Å². The third kappa shape index (κ3) is 5.57. The van der Waals surface area contributed by atoms with Gasteiger partial charge in [0.25, 0.3) is 5.91 Å². The molecule has 0 saturated carbocycles. The predicted octanol–water partition coefficient (Wildman–Crippen LogP) is 3.15. The molecule has 2 amide bonds. The maximum atomic E-state index is 12.9. The molecule has 0 bridgehead atoms. The number of nitrogens with one attached hydrogen (secondary N) is 1. The number of hydrogen-bond donors (Lipinski definition) is 1. The Morgan fingerprint density at radius 1 is 1.04 bits per heavy atom. The molecule has 1 N–H and O–H groups in total. The molecule has 0 radical (unpaired) electrons. The zero-order valence-corrected chi connectivity index (χ0v) is 17.7. The zero-order chi connectivity index (χ0) is 20.1. The largest absolute Gasteiger partial charge is 0.352 e. The Morgan fingerprint density at radius 3 is 2.39 bits per heavy atom. The molecule has 1 aromatic rings. The second-order valence-electron chi connectivity index (χ2n) is 8.74. The van der Waals surface area contributed by atoms with E-state index >= 15 is 0 Å². The summed E-state index contributed by atoms with van der Waals surface area (Å²) in [7, 11) is 0. The van der Waals surface area contributed by atoms with Crippen LogP contribution in [-0.2, 0) is 4.79 Å². The molecular weight excluding hydrogens is 350 g/mol. The highest BCUT2D eigenvalue weighted by Gasteiger charge is 2.30. The van der Waals surface area contributed by atoms with Gasteiger partial charge in [-0.05, 0) is 71.7 Å². The van der Waals surface area contributed by atoms with Crippen LogP contribution in [0.15, 0.2) is 18.2 Å². The molecule has 2 fully saturated rings. The smallest absolute Gasteiger partial charge is 0.253 e. The number of hydrogen-bond acceptors (Lipinski definition) is 3. The zero-order valence-electron chi connectivity index (χ0n) is 17.7. The van der Waals surface area contributed by atoms with Crippen LogP contribution in [0.1, 0.15) is 60.5 Å². The molecule has 2 saturated heterocycles. The number of benzene rings is 1. The van der Waals surface area contributed by atoms with Crippen molar-refractivity contribution in [3.63, 3.8) is 0 Å². The van der Waals surface area contributed by atoms with Crippen LogP contribution in [0, 0.1) is 19.8 Å². The molecular formula is C23H35N3O2. The maximum Gasteiger partial charge on any atom is 0.253 e.